The Morgan fingerprint density at radius 3 is 2.58 bits per heavy atom. The van der Waals surface area contributed by atoms with Gasteiger partial charge in [0.2, 0.25) is 0 Å². The van der Waals surface area contributed by atoms with Gasteiger partial charge < -0.3 is 9.47 Å². The van der Waals surface area contributed by atoms with Crippen molar-refractivity contribution in [2.75, 3.05) is 33.2 Å². The van der Waals surface area contributed by atoms with Crippen molar-refractivity contribution in [1.82, 2.24) is 0 Å². The van der Waals surface area contributed by atoms with E-state index in [1.54, 1.807) is 7.11 Å². The van der Waals surface area contributed by atoms with Crippen molar-refractivity contribution in [1.29, 1.82) is 0 Å². The summed E-state index contributed by atoms with van der Waals surface area (Å²) in [5, 5.41) is -0.343. The maximum atomic E-state index is 12.0. The Labute approximate surface area is 115 Å². The lowest BCUT2D eigenvalue weighted by molar-refractivity contribution is -0.124. The zero-order valence-electron chi connectivity index (χ0n) is 11.8. The van der Waals surface area contributed by atoms with Gasteiger partial charge in [-0.25, -0.2) is 8.42 Å². The van der Waals surface area contributed by atoms with Gasteiger partial charge in [0.25, 0.3) is 0 Å². The van der Waals surface area contributed by atoms with Gasteiger partial charge in [-0.15, -0.1) is 0 Å². The van der Waals surface area contributed by atoms with Crippen LogP contribution in [0.5, 0.6) is 0 Å². The first-order chi connectivity index (χ1) is 8.95. The van der Waals surface area contributed by atoms with Crippen LogP contribution in [0.2, 0.25) is 0 Å². The van der Waals surface area contributed by atoms with Gasteiger partial charge in [-0.3, -0.25) is 4.79 Å². The molecule has 5 nitrogen and oxygen atoms in total. The molecule has 1 fully saturated rings. The number of Topliss-reactive ketones (excluding diaryl/α,β-unsaturated/α-hetero) is 1. The van der Waals surface area contributed by atoms with E-state index >= 15 is 0 Å². The summed E-state index contributed by atoms with van der Waals surface area (Å²) in [6.45, 7) is 1.40. The summed E-state index contributed by atoms with van der Waals surface area (Å²) in [6, 6.07) is 0. The van der Waals surface area contributed by atoms with Crippen LogP contribution in [-0.4, -0.2) is 52.6 Å². The van der Waals surface area contributed by atoms with E-state index in [2.05, 4.69) is 0 Å². The van der Waals surface area contributed by atoms with Crippen LogP contribution in [0.15, 0.2) is 0 Å². The van der Waals surface area contributed by atoms with Crippen molar-refractivity contribution >= 4 is 15.6 Å². The molecule has 0 spiro atoms. The lowest BCUT2D eigenvalue weighted by atomic mass is 9.85. The second-order valence-electron chi connectivity index (χ2n) is 5.14. The first-order valence-corrected chi connectivity index (χ1v) is 8.69. The molecule has 0 N–H and O–H groups in total. The Bertz CT molecular complexity index is 376. The molecule has 0 aromatic carbocycles. The normalized spacial score (nSPS) is 24.3. The Balaban J connectivity index is 2.32. The van der Waals surface area contributed by atoms with Gasteiger partial charge in [-0.05, 0) is 19.3 Å². The topological polar surface area (TPSA) is 69.7 Å². The smallest absolute Gasteiger partial charge is 0.150 e. The summed E-state index contributed by atoms with van der Waals surface area (Å²) in [6.07, 6.45) is 4.42. The maximum absolute atomic E-state index is 12.0. The number of hydrogen-bond acceptors (Lipinski definition) is 5. The van der Waals surface area contributed by atoms with E-state index < -0.39 is 9.84 Å². The molecular formula is C13H24O5S. The van der Waals surface area contributed by atoms with Crippen LogP contribution in [0, 0.1) is 5.92 Å². The van der Waals surface area contributed by atoms with Gasteiger partial charge in [0, 0.05) is 25.7 Å². The van der Waals surface area contributed by atoms with Crippen molar-refractivity contribution in [3.05, 3.63) is 0 Å². The van der Waals surface area contributed by atoms with E-state index in [1.807, 2.05) is 0 Å². The first kappa shape index (κ1) is 16.6. The van der Waals surface area contributed by atoms with Gasteiger partial charge in [-0.1, -0.05) is 6.42 Å². The predicted molar refractivity (Wildman–Crippen MR) is 72.9 cm³/mol. The molecule has 112 valence electrons. The average molecular weight is 292 g/mol. The molecule has 2 atom stereocenters. The number of methoxy groups -OCH3 is 1. The van der Waals surface area contributed by atoms with Crippen molar-refractivity contribution in [3.8, 4) is 0 Å². The number of hydrogen-bond donors (Lipinski definition) is 0. The van der Waals surface area contributed by atoms with Gasteiger partial charge in [0.1, 0.15) is 15.6 Å². The number of carbonyl (C=O) groups is 1. The quantitative estimate of drug-likeness (QED) is 0.629. The van der Waals surface area contributed by atoms with Crippen LogP contribution in [0.1, 0.15) is 32.1 Å². The molecule has 0 saturated heterocycles. The highest BCUT2D eigenvalue weighted by Crippen LogP contribution is 2.29. The third-order valence-electron chi connectivity index (χ3n) is 3.61. The van der Waals surface area contributed by atoms with E-state index in [4.69, 9.17) is 9.47 Å². The molecule has 1 rings (SSSR count). The SMILES string of the molecule is COCCOCCC(=O)C1CCCC(S(C)(=O)=O)C1. The van der Waals surface area contributed by atoms with Gasteiger partial charge in [-0.2, -0.15) is 0 Å². The number of carbonyl (C=O) groups excluding carboxylic acids is 1. The molecule has 2 unspecified atom stereocenters. The molecule has 0 aromatic rings. The molecule has 1 aliphatic carbocycles. The fraction of sp³-hybridized carbons (Fsp3) is 0.923. The average Bonchev–Trinajstić information content (AvgIpc) is 2.37. The molecule has 0 aromatic heterocycles. The van der Waals surface area contributed by atoms with Crippen molar-refractivity contribution < 1.29 is 22.7 Å². The molecule has 1 aliphatic rings. The number of ether oxygens (including phenoxy) is 2. The minimum Gasteiger partial charge on any atom is -0.382 e. The third kappa shape index (κ3) is 6.01. The van der Waals surface area contributed by atoms with Gasteiger partial charge in [0.05, 0.1) is 25.1 Å². The summed E-state index contributed by atoms with van der Waals surface area (Å²) in [5.41, 5.74) is 0. The zero-order chi connectivity index (χ0) is 14.3. The molecule has 0 bridgehead atoms. The molecule has 0 aliphatic heterocycles. The number of sulfone groups is 1. The van der Waals surface area contributed by atoms with Crippen LogP contribution in [0.25, 0.3) is 0 Å². The number of rotatable bonds is 8. The van der Waals surface area contributed by atoms with Crippen LogP contribution >= 0.6 is 0 Å². The van der Waals surface area contributed by atoms with E-state index in [-0.39, 0.29) is 17.0 Å². The summed E-state index contributed by atoms with van der Waals surface area (Å²) in [5.74, 6) is 0.0188. The Kier molecular flexibility index (Phi) is 6.96. The number of ketones is 1. The van der Waals surface area contributed by atoms with Crippen molar-refractivity contribution in [3.63, 3.8) is 0 Å². The molecule has 6 heteroatoms. The van der Waals surface area contributed by atoms with E-state index in [0.29, 0.717) is 39.1 Å². The second-order valence-corrected chi connectivity index (χ2v) is 7.46. The van der Waals surface area contributed by atoms with Crippen molar-refractivity contribution in [2.24, 2.45) is 5.92 Å². The summed E-state index contributed by atoms with van der Waals surface area (Å²) in [4.78, 5) is 12.0. The van der Waals surface area contributed by atoms with Gasteiger partial charge >= 0.3 is 0 Å². The maximum Gasteiger partial charge on any atom is 0.150 e. The lowest BCUT2D eigenvalue weighted by Crippen LogP contribution is -2.31. The molecule has 0 heterocycles. The Morgan fingerprint density at radius 1 is 1.21 bits per heavy atom. The highest BCUT2D eigenvalue weighted by molar-refractivity contribution is 7.91. The minimum atomic E-state index is -3.02. The third-order valence-corrected chi connectivity index (χ3v) is 5.25. The largest absolute Gasteiger partial charge is 0.382 e. The summed E-state index contributed by atoms with van der Waals surface area (Å²) < 4.78 is 33.2. The Hall–Kier alpha value is -0.460. The summed E-state index contributed by atoms with van der Waals surface area (Å²) >= 11 is 0. The van der Waals surface area contributed by atoms with E-state index in [9.17, 15) is 13.2 Å². The molecule has 1 saturated carbocycles. The highest BCUT2D eigenvalue weighted by Gasteiger charge is 2.31. The predicted octanol–water partition coefficient (Wildman–Crippen LogP) is 1.21. The Morgan fingerprint density at radius 2 is 1.95 bits per heavy atom. The lowest BCUT2D eigenvalue weighted by Gasteiger charge is -2.27. The van der Waals surface area contributed by atoms with Crippen LogP contribution in [0.3, 0.4) is 0 Å². The molecular weight excluding hydrogens is 268 g/mol. The second kappa shape index (κ2) is 7.97. The fourth-order valence-corrected chi connectivity index (χ4v) is 3.62. The van der Waals surface area contributed by atoms with Crippen LogP contribution in [0.4, 0.5) is 0 Å². The molecule has 0 amide bonds. The van der Waals surface area contributed by atoms with E-state index in [1.165, 1.54) is 6.26 Å². The van der Waals surface area contributed by atoms with Crippen LogP contribution < -0.4 is 0 Å². The standard InChI is InChI=1S/C13H24O5S/c1-17-8-9-18-7-6-13(14)11-4-3-5-12(10-11)19(2,15)16/h11-12H,3-10H2,1-2H3. The highest BCUT2D eigenvalue weighted by atomic mass is 32.2. The van der Waals surface area contributed by atoms with E-state index in [0.717, 1.165) is 12.8 Å². The van der Waals surface area contributed by atoms with Crippen molar-refractivity contribution in [2.45, 2.75) is 37.4 Å². The molecule has 19 heavy (non-hydrogen) atoms. The fourth-order valence-electron chi connectivity index (χ4n) is 2.45. The molecule has 0 radical (unpaired) electrons. The van der Waals surface area contributed by atoms with Crippen LogP contribution in [-0.2, 0) is 24.1 Å². The first-order valence-electron chi connectivity index (χ1n) is 6.73. The van der Waals surface area contributed by atoms with Gasteiger partial charge in [0.15, 0.2) is 0 Å². The summed E-state index contributed by atoms with van der Waals surface area (Å²) in [7, 11) is -1.43. The minimum absolute atomic E-state index is 0.112. The zero-order valence-corrected chi connectivity index (χ0v) is 12.6. The monoisotopic (exact) mass is 292 g/mol.